The Hall–Kier alpha value is -9.43. The van der Waals surface area contributed by atoms with E-state index in [0.29, 0.717) is 45.1 Å². The van der Waals surface area contributed by atoms with E-state index >= 15 is 0 Å². The predicted octanol–water partition coefficient (Wildman–Crippen LogP) is 6.88. The molecule has 0 spiro atoms. The van der Waals surface area contributed by atoms with Crippen LogP contribution in [0.4, 0.5) is 11.9 Å². The summed E-state index contributed by atoms with van der Waals surface area (Å²) in [6, 6.07) is 42.2. The minimum absolute atomic E-state index is 0. The van der Waals surface area contributed by atoms with E-state index in [4.69, 9.17) is 20.9 Å². The standard InChI is InChI=1S/2C15H12O2.2C13H12N4O.Ni/c2*16-14(12-7-3-1-4-8-12)11-15(17)13-9-5-2-6-10-13;2*1-9-5-11(17-13(14)16-9)4-3-10-6-12(18-2)8-15-7-10;/h2*1-11,16H;2*5-8H,1-2H3,(H2,14,16,17);/q;;;;+2/p-2/b2*14-11-;;;. The summed E-state index contributed by atoms with van der Waals surface area (Å²) in [4.78, 5) is 47.6. The van der Waals surface area contributed by atoms with E-state index < -0.39 is 0 Å². The van der Waals surface area contributed by atoms with Crippen LogP contribution in [0.25, 0.3) is 11.5 Å². The zero-order valence-corrected chi connectivity index (χ0v) is 39.9. The van der Waals surface area contributed by atoms with Crippen molar-refractivity contribution in [2.24, 2.45) is 0 Å². The molecule has 0 aliphatic heterocycles. The fourth-order valence-electron chi connectivity index (χ4n) is 5.76. The van der Waals surface area contributed by atoms with Crippen molar-refractivity contribution in [1.29, 1.82) is 0 Å². The number of allylic oxidation sites excluding steroid dienone is 2. The van der Waals surface area contributed by atoms with Gasteiger partial charge in [-0.15, -0.1) is 0 Å². The topological polar surface area (TPSA) is 228 Å². The van der Waals surface area contributed by atoms with Gasteiger partial charge in [0.15, 0.2) is 11.6 Å². The van der Waals surface area contributed by atoms with Crippen LogP contribution in [0.5, 0.6) is 11.5 Å². The van der Waals surface area contributed by atoms with E-state index in [0.717, 1.165) is 34.7 Å². The van der Waals surface area contributed by atoms with Crippen molar-refractivity contribution >= 4 is 35.0 Å². The number of aryl methyl sites for hydroxylation is 2. The second-order valence-electron chi connectivity index (χ2n) is 14.4. The number of pyridine rings is 2. The maximum atomic E-state index is 11.8. The van der Waals surface area contributed by atoms with Gasteiger partial charge in [-0.3, -0.25) is 19.6 Å². The van der Waals surface area contributed by atoms with Gasteiger partial charge in [-0.25, -0.2) is 19.9 Å². The van der Waals surface area contributed by atoms with Gasteiger partial charge in [0, 0.05) is 46.0 Å². The van der Waals surface area contributed by atoms with Gasteiger partial charge in [-0.05, 0) is 73.2 Å². The molecule has 4 aromatic carbocycles. The molecule has 4 N–H and O–H groups in total. The van der Waals surface area contributed by atoms with Gasteiger partial charge in [0.2, 0.25) is 11.9 Å². The second-order valence-corrected chi connectivity index (χ2v) is 14.4. The summed E-state index contributed by atoms with van der Waals surface area (Å²) >= 11 is 0. The van der Waals surface area contributed by atoms with Gasteiger partial charge < -0.3 is 31.2 Å². The Kier molecular flexibility index (Phi) is 21.9. The molecule has 8 aromatic rings. The predicted molar refractivity (Wildman–Crippen MR) is 266 cm³/mol. The van der Waals surface area contributed by atoms with E-state index in [-0.39, 0.29) is 51.5 Å². The minimum atomic E-state index is -0.264. The molecule has 15 heteroatoms. The van der Waals surface area contributed by atoms with E-state index in [9.17, 15) is 19.8 Å². The van der Waals surface area contributed by atoms with Crippen LogP contribution in [0.1, 0.15) is 65.7 Å². The molecule has 8 rings (SSSR count). The first kappa shape index (κ1) is 54.2. The third-order valence-electron chi connectivity index (χ3n) is 9.07. The van der Waals surface area contributed by atoms with Crippen molar-refractivity contribution in [1.82, 2.24) is 29.9 Å². The number of ketones is 2. The number of hydrogen-bond acceptors (Lipinski definition) is 14. The number of methoxy groups -OCH3 is 2. The smallest absolute Gasteiger partial charge is 0.872 e. The van der Waals surface area contributed by atoms with Crippen molar-refractivity contribution in [3.63, 3.8) is 0 Å². The molecule has 356 valence electrons. The van der Waals surface area contributed by atoms with E-state index in [1.165, 1.54) is 0 Å². The van der Waals surface area contributed by atoms with E-state index in [1.54, 1.807) is 160 Å². The summed E-state index contributed by atoms with van der Waals surface area (Å²) in [6.07, 6.45) is 8.82. The number of ether oxygens (including phenoxy) is 2. The monoisotopic (exact) mass is 984 g/mol. The Labute approximate surface area is 422 Å². The molecular weight excluding hydrogens is 939 g/mol. The normalized spacial score (nSPS) is 10.1. The molecule has 71 heavy (non-hydrogen) atoms. The van der Waals surface area contributed by atoms with Crippen molar-refractivity contribution in [2.45, 2.75) is 13.8 Å². The quantitative estimate of drug-likeness (QED) is 0.0520. The van der Waals surface area contributed by atoms with Crippen LogP contribution < -0.4 is 31.2 Å². The van der Waals surface area contributed by atoms with Crippen LogP contribution in [0.3, 0.4) is 0 Å². The molecule has 0 saturated heterocycles. The molecule has 14 nitrogen and oxygen atoms in total. The van der Waals surface area contributed by atoms with Crippen molar-refractivity contribution in [3.8, 4) is 35.2 Å². The molecule has 0 radical (unpaired) electrons. The molecule has 0 amide bonds. The van der Waals surface area contributed by atoms with Crippen LogP contribution in [-0.2, 0) is 16.5 Å². The number of benzene rings is 4. The molecular formula is C56H46N8NiO6. The molecule has 0 aliphatic carbocycles. The number of carbonyl (C=O) groups is 2. The summed E-state index contributed by atoms with van der Waals surface area (Å²) in [5, 5.41) is 23.5. The number of rotatable bonds is 8. The number of nitrogens with two attached hydrogens (primary N) is 2. The van der Waals surface area contributed by atoms with Crippen LogP contribution in [0, 0.1) is 37.5 Å². The number of aromatic nitrogens is 6. The minimum Gasteiger partial charge on any atom is -0.872 e. The number of hydrogen-bond donors (Lipinski definition) is 2. The molecule has 0 bridgehead atoms. The number of carbonyl (C=O) groups excluding carboxylic acids is 2. The summed E-state index contributed by atoms with van der Waals surface area (Å²) in [5.74, 6) is 12.5. The molecule has 0 fully saturated rings. The molecule has 0 unspecified atom stereocenters. The maximum Gasteiger partial charge on any atom is 2.00 e. The molecule has 4 heterocycles. The summed E-state index contributed by atoms with van der Waals surface area (Å²) in [6.45, 7) is 3.69. The molecule has 0 atom stereocenters. The summed E-state index contributed by atoms with van der Waals surface area (Å²) in [5.41, 5.74) is 17.5. The fraction of sp³-hybridized carbons (Fsp3) is 0.0714. The first-order valence-corrected chi connectivity index (χ1v) is 21.2. The van der Waals surface area contributed by atoms with Gasteiger partial charge in [0.25, 0.3) is 0 Å². The van der Waals surface area contributed by atoms with Gasteiger partial charge in [0.1, 0.15) is 22.9 Å². The average Bonchev–Trinajstić information content (AvgIpc) is 3.38. The molecule has 0 aliphatic rings. The van der Waals surface area contributed by atoms with Crippen LogP contribution in [0.2, 0.25) is 0 Å². The molecule has 0 saturated carbocycles. The Balaban J connectivity index is 0.000000205. The third-order valence-corrected chi connectivity index (χ3v) is 9.07. The third kappa shape index (κ3) is 19.0. The van der Waals surface area contributed by atoms with Gasteiger partial charge in [0.05, 0.1) is 26.6 Å². The summed E-state index contributed by atoms with van der Waals surface area (Å²) < 4.78 is 10.1. The Morgan fingerprint density at radius 3 is 1.11 bits per heavy atom. The first-order valence-electron chi connectivity index (χ1n) is 21.2. The Morgan fingerprint density at radius 1 is 0.479 bits per heavy atom. The number of nitrogen functional groups attached to an aromatic ring is 2. The van der Waals surface area contributed by atoms with Gasteiger partial charge >= 0.3 is 16.5 Å². The van der Waals surface area contributed by atoms with Crippen molar-refractivity contribution in [3.05, 3.63) is 239 Å². The van der Waals surface area contributed by atoms with Gasteiger partial charge in [-0.2, -0.15) is 0 Å². The number of nitrogens with zero attached hydrogens (tertiary/aromatic N) is 6. The van der Waals surface area contributed by atoms with Crippen LogP contribution >= 0.6 is 0 Å². The van der Waals surface area contributed by atoms with Crippen molar-refractivity contribution in [2.75, 3.05) is 25.7 Å². The molecule has 4 aromatic heterocycles. The van der Waals surface area contributed by atoms with Crippen LogP contribution in [0.15, 0.2) is 183 Å². The zero-order valence-electron chi connectivity index (χ0n) is 38.9. The maximum absolute atomic E-state index is 11.8. The Morgan fingerprint density at radius 2 is 0.803 bits per heavy atom. The first-order chi connectivity index (χ1) is 33.9. The van der Waals surface area contributed by atoms with Gasteiger partial charge in [-0.1, -0.05) is 145 Å². The largest absolute Gasteiger partial charge is 2.00 e. The SMILES string of the molecule is COc1cncc(C#Cc2cc(C)nc(N)n2)c1.COc1cncc(C#Cc2cc(C)nc(N)n2)c1.O=C(/C=C(\[O-])c1ccccc1)c1ccccc1.O=C(/C=C(\[O-])c1ccccc1)c1ccccc1.[Ni+2]. The Bertz CT molecular complexity index is 2930. The van der Waals surface area contributed by atoms with Crippen molar-refractivity contribution < 1.29 is 45.8 Å². The van der Waals surface area contributed by atoms with E-state index in [1.807, 2.05) is 38.1 Å². The average molecular weight is 986 g/mol. The van der Waals surface area contributed by atoms with Crippen LogP contribution in [-0.4, -0.2) is 55.7 Å². The fourth-order valence-corrected chi connectivity index (χ4v) is 5.76. The van der Waals surface area contributed by atoms with E-state index in [2.05, 4.69) is 53.6 Å². The summed E-state index contributed by atoms with van der Waals surface area (Å²) in [7, 11) is 3.17. The zero-order chi connectivity index (χ0) is 50.1. The second kappa shape index (κ2) is 28.7. The number of anilines is 2.